The van der Waals surface area contributed by atoms with Gasteiger partial charge in [0.05, 0.1) is 22.8 Å². The molecule has 2 aromatic carbocycles. The van der Waals surface area contributed by atoms with Gasteiger partial charge in [0.25, 0.3) is 15.9 Å². The Morgan fingerprint density at radius 2 is 1.86 bits per heavy atom. The molecule has 3 rings (SSSR count). The molecule has 0 bridgehead atoms. The minimum atomic E-state index is -3.88. The first-order valence-corrected chi connectivity index (χ1v) is 12.4. The van der Waals surface area contributed by atoms with Gasteiger partial charge in [-0.2, -0.15) is 0 Å². The molecular formula is C21H26N2O4S2. The Morgan fingerprint density at radius 1 is 1.14 bits per heavy atom. The summed E-state index contributed by atoms with van der Waals surface area (Å²) >= 11 is 1.44. The minimum absolute atomic E-state index is 0.0574. The number of nitrogens with one attached hydrogen (secondary N) is 1. The Kier molecular flexibility index (Phi) is 7.08. The number of piperidine rings is 1. The van der Waals surface area contributed by atoms with Gasteiger partial charge in [0.2, 0.25) is 0 Å². The van der Waals surface area contributed by atoms with E-state index in [1.54, 1.807) is 30.3 Å². The highest BCUT2D eigenvalue weighted by Crippen LogP contribution is 2.29. The van der Waals surface area contributed by atoms with Gasteiger partial charge in [0, 0.05) is 18.0 Å². The number of anilines is 1. The topological polar surface area (TPSA) is 75.7 Å². The summed E-state index contributed by atoms with van der Waals surface area (Å²) in [6, 6.07) is 11.6. The van der Waals surface area contributed by atoms with E-state index in [2.05, 4.69) is 4.72 Å². The van der Waals surface area contributed by atoms with Gasteiger partial charge in [0.1, 0.15) is 5.75 Å². The van der Waals surface area contributed by atoms with Crippen LogP contribution in [0.5, 0.6) is 5.75 Å². The van der Waals surface area contributed by atoms with Gasteiger partial charge in [-0.25, -0.2) is 8.42 Å². The van der Waals surface area contributed by atoms with Crippen LogP contribution in [0.15, 0.2) is 52.3 Å². The molecule has 0 radical (unpaired) electrons. The molecule has 0 unspecified atom stereocenters. The van der Waals surface area contributed by atoms with Crippen molar-refractivity contribution < 1.29 is 17.9 Å². The molecule has 0 atom stereocenters. The zero-order valence-electron chi connectivity index (χ0n) is 16.7. The molecule has 8 heteroatoms. The second-order valence-corrected chi connectivity index (χ2v) is 9.28. The lowest BCUT2D eigenvalue weighted by Gasteiger charge is -2.27. The fraction of sp³-hybridized carbons (Fsp3) is 0.381. The predicted octanol–water partition coefficient (Wildman–Crippen LogP) is 4.23. The van der Waals surface area contributed by atoms with Crippen molar-refractivity contribution >= 4 is 33.4 Å². The van der Waals surface area contributed by atoms with Crippen LogP contribution in [0.25, 0.3) is 0 Å². The summed E-state index contributed by atoms with van der Waals surface area (Å²) in [6.45, 7) is 3.69. The molecule has 1 amide bonds. The summed E-state index contributed by atoms with van der Waals surface area (Å²) < 4.78 is 34.1. The maximum atomic E-state index is 13.0. The van der Waals surface area contributed by atoms with Crippen molar-refractivity contribution in [3.8, 4) is 5.75 Å². The third-order valence-corrected chi connectivity index (χ3v) is 6.95. The molecular weight excluding hydrogens is 408 g/mol. The molecule has 1 saturated heterocycles. The first kappa shape index (κ1) is 21.5. The number of thioether (sulfide) groups is 1. The number of benzene rings is 2. The fourth-order valence-electron chi connectivity index (χ4n) is 3.32. The summed E-state index contributed by atoms with van der Waals surface area (Å²) in [4.78, 5) is 15.7. The molecule has 29 heavy (non-hydrogen) atoms. The van der Waals surface area contributed by atoms with Crippen molar-refractivity contribution in [3.05, 3.63) is 48.0 Å². The number of carbonyl (C=O) groups excluding carboxylic acids is 1. The largest absolute Gasteiger partial charge is 0.492 e. The Balaban J connectivity index is 1.93. The molecule has 156 valence electrons. The average Bonchev–Trinajstić information content (AvgIpc) is 2.74. The fourth-order valence-corrected chi connectivity index (χ4v) is 4.99. The predicted molar refractivity (Wildman–Crippen MR) is 116 cm³/mol. The van der Waals surface area contributed by atoms with E-state index >= 15 is 0 Å². The van der Waals surface area contributed by atoms with E-state index in [9.17, 15) is 13.2 Å². The number of likely N-dealkylation sites (tertiary alicyclic amines) is 1. The smallest absolute Gasteiger partial charge is 0.262 e. The highest BCUT2D eigenvalue weighted by Gasteiger charge is 2.24. The van der Waals surface area contributed by atoms with Crippen LogP contribution in [0.4, 0.5) is 5.69 Å². The number of rotatable bonds is 7. The van der Waals surface area contributed by atoms with E-state index in [1.807, 2.05) is 18.1 Å². The maximum Gasteiger partial charge on any atom is 0.262 e. The van der Waals surface area contributed by atoms with Crippen LogP contribution >= 0.6 is 11.8 Å². The van der Waals surface area contributed by atoms with Crippen molar-refractivity contribution in [2.75, 3.05) is 30.7 Å². The van der Waals surface area contributed by atoms with Gasteiger partial charge in [-0.1, -0.05) is 12.1 Å². The van der Waals surface area contributed by atoms with E-state index < -0.39 is 10.0 Å². The van der Waals surface area contributed by atoms with Crippen molar-refractivity contribution in [3.63, 3.8) is 0 Å². The van der Waals surface area contributed by atoms with Gasteiger partial charge in [-0.15, -0.1) is 11.8 Å². The molecule has 1 heterocycles. The number of hydrogen-bond donors (Lipinski definition) is 1. The average molecular weight is 435 g/mol. The van der Waals surface area contributed by atoms with E-state index in [0.717, 1.165) is 24.2 Å². The van der Waals surface area contributed by atoms with Crippen LogP contribution in [-0.4, -0.2) is 45.2 Å². The summed E-state index contributed by atoms with van der Waals surface area (Å²) in [5.41, 5.74) is 0.799. The molecule has 6 nitrogen and oxygen atoms in total. The van der Waals surface area contributed by atoms with Crippen molar-refractivity contribution in [1.29, 1.82) is 0 Å². The first-order valence-electron chi connectivity index (χ1n) is 9.68. The van der Waals surface area contributed by atoms with Crippen molar-refractivity contribution in [1.82, 2.24) is 4.90 Å². The highest BCUT2D eigenvalue weighted by molar-refractivity contribution is 7.98. The monoisotopic (exact) mass is 434 g/mol. The summed E-state index contributed by atoms with van der Waals surface area (Å²) in [6.07, 6.45) is 4.96. The molecule has 1 N–H and O–H groups in total. The van der Waals surface area contributed by atoms with Crippen LogP contribution in [0.1, 0.15) is 36.5 Å². The third kappa shape index (κ3) is 5.05. The van der Waals surface area contributed by atoms with Crippen LogP contribution in [0, 0.1) is 0 Å². The third-order valence-electron chi connectivity index (χ3n) is 4.79. The van der Waals surface area contributed by atoms with Gasteiger partial charge in [-0.05, 0) is 62.8 Å². The number of amides is 1. The normalized spacial score (nSPS) is 14.5. The van der Waals surface area contributed by atoms with Crippen LogP contribution in [0.3, 0.4) is 0 Å². The molecule has 0 saturated carbocycles. The molecule has 1 fully saturated rings. The van der Waals surface area contributed by atoms with Crippen LogP contribution in [0.2, 0.25) is 0 Å². The standard InChI is InChI=1S/C21H26N2O4S2/c1-3-27-19-10-6-5-9-18(19)22-29(25,26)16-11-12-20(28-2)17(15-16)21(24)23-13-7-4-8-14-23/h5-6,9-12,15,22H,3-4,7-8,13-14H2,1-2H3. The lowest BCUT2D eigenvalue weighted by atomic mass is 10.1. The number of para-hydroxylation sites is 2. The number of ether oxygens (including phenoxy) is 1. The van der Waals surface area contributed by atoms with E-state index in [1.165, 1.54) is 23.9 Å². The van der Waals surface area contributed by atoms with E-state index in [4.69, 9.17) is 4.74 Å². The van der Waals surface area contributed by atoms with Gasteiger partial charge in [-0.3, -0.25) is 9.52 Å². The van der Waals surface area contributed by atoms with Crippen molar-refractivity contribution in [2.24, 2.45) is 0 Å². The molecule has 1 aliphatic rings. The van der Waals surface area contributed by atoms with Crippen LogP contribution < -0.4 is 9.46 Å². The minimum Gasteiger partial charge on any atom is -0.492 e. The molecule has 1 aliphatic heterocycles. The summed E-state index contributed by atoms with van der Waals surface area (Å²) in [7, 11) is -3.88. The summed E-state index contributed by atoms with van der Waals surface area (Å²) in [5.74, 6) is 0.352. The van der Waals surface area contributed by atoms with E-state index in [0.29, 0.717) is 36.7 Å². The lowest BCUT2D eigenvalue weighted by Crippen LogP contribution is -2.36. The molecule has 0 aromatic heterocycles. The van der Waals surface area contributed by atoms with Gasteiger partial charge >= 0.3 is 0 Å². The molecule has 0 aliphatic carbocycles. The number of carbonyl (C=O) groups is 1. The zero-order valence-corrected chi connectivity index (χ0v) is 18.3. The SMILES string of the molecule is CCOc1ccccc1NS(=O)(=O)c1ccc(SC)c(C(=O)N2CCCCC2)c1. The number of nitrogens with zero attached hydrogens (tertiary/aromatic N) is 1. The van der Waals surface area contributed by atoms with Gasteiger partial charge in [0.15, 0.2) is 0 Å². The van der Waals surface area contributed by atoms with Crippen molar-refractivity contribution in [2.45, 2.75) is 36.0 Å². The number of hydrogen-bond acceptors (Lipinski definition) is 5. The Morgan fingerprint density at radius 3 is 2.55 bits per heavy atom. The Labute approximate surface area is 176 Å². The maximum absolute atomic E-state index is 13.0. The highest BCUT2D eigenvalue weighted by atomic mass is 32.2. The lowest BCUT2D eigenvalue weighted by molar-refractivity contribution is 0.0720. The Bertz CT molecular complexity index is 970. The first-order chi connectivity index (χ1) is 14.0. The second-order valence-electron chi connectivity index (χ2n) is 6.75. The second kappa shape index (κ2) is 9.54. The van der Waals surface area contributed by atoms with Gasteiger partial charge < -0.3 is 9.64 Å². The summed E-state index contributed by atoms with van der Waals surface area (Å²) in [5, 5.41) is 0. The van der Waals surface area contributed by atoms with Crippen LogP contribution in [-0.2, 0) is 10.0 Å². The Hall–Kier alpha value is -2.19. The molecule has 0 spiro atoms. The van der Waals surface area contributed by atoms with E-state index in [-0.39, 0.29) is 10.8 Å². The number of sulfonamides is 1. The molecule has 2 aromatic rings. The quantitative estimate of drug-likeness (QED) is 0.660. The zero-order chi connectivity index (χ0) is 20.9.